The van der Waals surface area contributed by atoms with Crippen molar-refractivity contribution in [3.05, 3.63) is 81.7 Å². The van der Waals surface area contributed by atoms with E-state index in [4.69, 9.17) is 9.15 Å². The van der Waals surface area contributed by atoms with E-state index in [2.05, 4.69) is 42.2 Å². The van der Waals surface area contributed by atoms with Crippen molar-refractivity contribution in [2.75, 3.05) is 11.6 Å². The first-order valence-electron chi connectivity index (χ1n) is 9.04. The maximum Gasteiger partial charge on any atom is 0.344 e. The number of rotatable bonds is 1. The second-order valence-electron chi connectivity index (χ2n) is 7.11. The lowest BCUT2D eigenvalue weighted by Crippen LogP contribution is -2.32. The summed E-state index contributed by atoms with van der Waals surface area (Å²) in [6.07, 6.45) is 0. The molecule has 0 amide bonds. The fourth-order valence-electron chi connectivity index (χ4n) is 3.93. The smallest absolute Gasteiger partial charge is 0.344 e. The van der Waals surface area contributed by atoms with Crippen molar-refractivity contribution in [3.63, 3.8) is 0 Å². The standard InChI is InChI=1S/C23H19NO3/c1-14-6-5-7-17(10-14)24-12-16-11-20-18-8-3-4-9-19(18)23(25)27-22(20)15(2)21(16)26-13-24/h3-11H,12-13H2,1-2H3. The molecule has 0 N–H and O–H groups in total. The van der Waals surface area contributed by atoms with Crippen LogP contribution in [-0.4, -0.2) is 6.73 Å². The molecule has 4 heteroatoms. The molecular formula is C23H19NO3. The Hall–Kier alpha value is -3.27. The topological polar surface area (TPSA) is 42.7 Å². The first-order chi connectivity index (χ1) is 13.1. The van der Waals surface area contributed by atoms with Gasteiger partial charge in [-0.1, -0.05) is 30.3 Å². The van der Waals surface area contributed by atoms with Gasteiger partial charge in [-0.2, -0.15) is 0 Å². The molecule has 2 heterocycles. The predicted octanol–water partition coefficient (Wildman–Crippen LogP) is 4.92. The number of ether oxygens (including phenoxy) is 1. The molecule has 1 aliphatic rings. The van der Waals surface area contributed by atoms with Gasteiger partial charge in [0.15, 0.2) is 6.73 Å². The number of aryl methyl sites for hydroxylation is 2. The van der Waals surface area contributed by atoms with Gasteiger partial charge < -0.3 is 14.1 Å². The molecule has 4 aromatic rings. The highest BCUT2D eigenvalue weighted by Gasteiger charge is 2.23. The molecule has 1 aliphatic heterocycles. The summed E-state index contributed by atoms with van der Waals surface area (Å²) in [5, 5.41) is 2.48. The van der Waals surface area contributed by atoms with Gasteiger partial charge in [-0.05, 0) is 49.1 Å². The van der Waals surface area contributed by atoms with Crippen LogP contribution in [0.2, 0.25) is 0 Å². The Morgan fingerprint density at radius 1 is 0.926 bits per heavy atom. The van der Waals surface area contributed by atoms with Gasteiger partial charge in [-0.25, -0.2) is 4.79 Å². The highest BCUT2D eigenvalue weighted by molar-refractivity contribution is 6.06. The molecule has 4 nitrogen and oxygen atoms in total. The Morgan fingerprint density at radius 2 is 1.74 bits per heavy atom. The average Bonchev–Trinajstić information content (AvgIpc) is 2.69. The van der Waals surface area contributed by atoms with Crippen LogP contribution in [0.4, 0.5) is 5.69 Å². The van der Waals surface area contributed by atoms with Gasteiger partial charge in [0.2, 0.25) is 0 Å². The van der Waals surface area contributed by atoms with Crippen LogP contribution in [0.15, 0.2) is 63.8 Å². The molecule has 0 fully saturated rings. The van der Waals surface area contributed by atoms with E-state index in [-0.39, 0.29) is 5.63 Å². The van der Waals surface area contributed by atoms with Gasteiger partial charge >= 0.3 is 5.63 Å². The van der Waals surface area contributed by atoms with E-state index in [1.54, 1.807) is 0 Å². The van der Waals surface area contributed by atoms with Crippen molar-refractivity contribution in [3.8, 4) is 5.75 Å². The molecule has 0 spiro atoms. The SMILES string of the molecule is Cc1cccc(N2COc3c(cc4c(oc(=O)c5ccccc54)c3C)C2)c1. The second kappa shape index (κ2) is 5.88. The minimum atomic E-state index is -0.307. The van der Waals surface area contributed by atoms with Gasteiger partial charge in [-0.15, -0.1) is 0 Å². The third-order valence-electron chi connectivity index (χ3n) is 5.26. The normalized spacial score (nSPS) is 13.6. The molecule has 5 rings (SSSR count). The zero-order valence-electron chi connectivity index (χ0n) is 15.3. The largest absolute Gasteiger partial charge is 0.472 e. The van der Waals surface area contributed by atoms with Crippen LogP contribution < -0.4 is 15.3 Å². The molecule has 0 unspecified atom stereocenters. The van der Waals surface area contributed by atoms with Crippen molar-refractivity contribution in [1.29, 1.82) is 0 Å². The summed E-state index contributed by atoms with van der Waals surface area (Å²) in [6.45, 7) is 5.28. The third-order valence-corrected chi connectivity index (χ3v) is 5.26. The van der Waals surface area contributed by atoms with E-state index in [1.807, 2.05) is 31.2 Å². The van der Waals surface area contributed by atoms with Crippen LogP contribution in [0.25, 0.3) is 21.7 Å². The van der Waals surface area contributed by atoms with Crippen molar-refractivity contribution in [2.24, 2.45) is 0 Å². The Balaban J connectivity index is 1.71. The summed E-state index contributed by atoms with van der Waals surface area (Å²) in [7, 11) is 0. The van der Waals surface area contributed by atoms with Gasteiger partial charge in [0.1, 0.15) is 11.3 Å². The van der Waals surface area contributed by atoms with E-state index < -0.39 is 0 Å². The molecule has 0 saturated heterocycles. The zero-order valence-corrected chi connectivity index (χ0v) is 15.3. The van der Waals surface area contributed by atoms with E-state index in [0.717, 1.165) is 39.9 Å². The number of benzene rings is 3. The molecule has 0 radical (unpaired) electrons. The highest BCUT2D eigenvalue weighted by atomic mass is 16.5. The number of hydrogen-bond acceptors (Lipinski definition) is 4. The zero-order chi connectivity index (χ0) is 18.5. The summed E-state index contributed by atoms with van der Waals surface area (Å²) < 4.78 is 11.7. The third kappa shape index (κ3) is 2.48. The van der Waals surface area contributed by atoms with E-state index in [0.29, 0.717) is 17.7 Å². The first-order valence-corrected chi connectivity index (χ1v) is 9.04. The summed E-state index contributed by atoms with van der Waals surface area (Å²) in [4.78, 5) is 14.6. The van der Waals surface area contributed by atoms with Crippen LogP contribution in [0.5, 0.6) is 5.75 Å². The maximum absolute atomic E-state index is 12.4. The van der Waals surface area contributed by atoms with E-state index in [1.165, 1.54) is 5.56 Å². The molecule has 0 bridgehead atoms. The summed E-state index contributed by atoms with van der Waals surface area (Å²) >= 11 is 0. The maximum atomic E-state index is 12.4. The summed E-state index contributed by atoms with van der Waals surface area (Å²) in [6, 6.07) is 18.1. The van der Waals surface area contributed by atoms with Crippen LogP contribution in [0, 0.1) is 13.8 Å². The van der Waals surface area contributed by atoms with Crippen molar-refractivity contribution in [2.45, 2.75) is 20.4 Å². The second-order valence-corrected chi connectivity index (χ2v) is 7.11. The highest BCUT2D eigenvalue weighted by Crippen LogP contribution is 2.37. The number of hydrogen-bond donors (Lipinski definition) is 0. The van der Waals surface area contributed by atoms with Gasteiger partial charge in [0.25, 0.3) is 0 Å². The minimum Gasteiger partial charge on any atom is -0.472 e. The Labute approximate surface area is 156 Å². The molecule has 0 saturated carbocycles. The fourth-order valence-corrected chi connectivity index (χ4v) is 3.93. The average molecular weight is 357 g/mol. The lowest BCUT2D eigenvalue weighted by molar-refractivity contribution is 0.287. The van der Waals surface area contributed by atoms with Gasteiger partial charge in [0, 0.05) is 28.7 Å². The first kappa shape index (κ1) is 15.9. The lowest BCUT2D eigenvalue weighted by Gasteiger charge is -2.32. The van der Waals surface area contributed by atoms with Crippen LogP contribution >= 0.6 is 0 Å². The monoisotopic (exact) mass is 357 g/mol. The van der Waals surface area contributed by atoms with Crippen LogP contribution in [-0.2, 0) is 6.54 Å². The van der Waals surface area contributed by atoms with Gasteiger partial charge in [0.05, 0.1) is 5.39 Å². The summed E-state index contributed by atoms with van der Waals surface area (Å²) in [5.41, 5.74) is 4.66. The number of nitrogens with zero attached hydrogens (tertiary/aromatic N) is 1. The van der Waals surface area contributed by atoms with Crippen LogP contribution in [0.1, 0.15) is 16.7 Å². The Kier molecular flexibility index (Phi) is 3.47. The summed E-state index contributed by atoms with van der Waals surface area (Å²) in [5.74, 6) is 0.824. The van der Waals surface area contributed by atoms with E-state index >= 15 is 0 Å². The molecule has 0 atom stereocenters. The van der Waals surface area contributed by atoms with Crippen molar-refractivity contribution < 1.29 is 9.15 Å². The number of anilines is 1. The molecule has 1 aromatic heterocycles. The molecule has 134 valence electrons. The van der Waals surface area contributed by atoms with Crippen molar-refractivity contribution in [1.82, 2.24) is 0 Å². The lowest BCUT2D eigenvalue weighted by atomic mass is 10.00. The van der Waals surface area contributed by atoms with Crippen LogP contribution in [0.3, 0.4) is 0 Å². The Morgan fingerprint density at radius 3 is 2.56 bits per heavy atom. The molecular weight excluding hydrogens is 338 g/mol. The molecule has 0 aliphatic carbocycles. The molecule has 3 aromatic carbocycles. The predicted molar refractivity (Wildman–Crippen MR) is 108 cm³/mol. The van der Waals surface area contributed by atoms with E-state index in [9.17, 15) is 4.79 Å². The fraction of sp³-hybridized carbons (Fsp3) is 0.174. The van der Waals surface area contributed by atoms with Gasteiger partial charge in [-0.3, -0.25) is 0 Å². The number of fused-ring (bicyclic) bond motifs is 4. The quantitative estimate of drug-likeness (QED) is 0.358. The van der Waals surface area contributed by atoms with Crippen molar-refractivity contribution >= 4 is 27.4 Å². The molecule has 27 heavy (non-hydrogen) atoms. The Bertz CT molecular complexity index is 1260. The minimum absolute atomic E-state index is 0.307.